The zero-order valence-electron chi connectivity index (χ0n) is 14.4. The molecule has 2 aromatic rings. The molecule has 7 nitrogen and oxygen atoms in total. The number of amides is 1. The summed E-state index contributed by atoms with van der Waals surface area (Å²) in [5.41, 5.74) is 2.40. The van der Waals surface area contributed by atoms with Crippen molar-refractivity contribution in [1.82, 2.24) is 4.90 Å². The number of carbonyl (C=O) groups excluding carboxylic acids is 2. The van der Waals surface area contributed by atoms with Gasteiger partial charge in [0.2, 0.25) is 0 Å². The second kappa shape index (κ2) is 7.35. The van der Waals surface area contributed by atoms with Gasteiger partial charge in [0, 0.05) is 43.4 Å². The highest BCUT2D eigenvalue weighted by Crippen LogP contribution is 2.29. The number of nitro groups is 1. The van der Waals surface area contributed by atoms with Gasteiger partial charge < -0.3 is 9.80 Å². The van der Waals surface area contributed by atoms with Crippen LogP contribution >= 0.6 is 0 Å². The van der Waals surface area contributed by atoms with E-state index in [1.54, 1.807) is 17.0 Å². The van der Waals surface area contributed by atoms with Gasteiger partial charge in [0.1, 0.15) is 12.0 Å². The molecule has 0 saturated carbocycles. The Kier molecular flexibility index (Phi) is 4.97. The highest BCUT2D eigenvalue weighted by atomic mass is 16.6. The summed E-state index contributed by atoms with van der Waals surface area (Å²) in [7, 11) is 0. The molecule has 7 heteroatoms. The van der Waals surface area contributed by atoms with Gasteiger partial charge in [-0.3, -0.25) is 19.7 Å². The van der Waals surface area contributed by atoms with Gasteiger partial charge >= 0.3 is 0 Å². The molecule has 0 atom stereocenters. The van der Waals surface area contributed by atoms with Gasteiger partial charge in [0.05, 0.1) is 4.92 Å². The third-order valence-corrected chi connectivity index (χ3v) is 4.54. The molecule has 134 valence electrons. The molecule has 0 aromatic heterocycles. The number of carbonyl (C=O) groups is 2. The van der Waals surface area contributed by atoms with Gasteiger partial charge in [-0.05, 0) is 31.2 Å². The summed E-state index contributed by atoms with van der Waals surface area (Å²) in [5.74, 6) is -0.0320. The topological polar surface area (TPSA) is 83.8 Å². The molecule has 0 spiro atoms. The quantitative estimate of drug-likeness (QED) is 0.479. The lowest BCUT2D eigenvalue weighted by molar-refractivity contribution is -0.384. The first-order chi connectivity index (χ1) is 12.5. The van der Waals surface area contributed by atoms with Crippen LogP contribution in [0.4, 0.5) is 11.4 Å². The maximum atomic E-state index is 12.6. The number of anilines is 1. The maximum absolute atomic E-state index is 12.6. The number of hydrogen-bond acceptors (Lipinski definition) is 5. The molecule has 0 unspecified atom stereocenters. The summed E-state index contributed by atoms with van der Waals surface area (Å²) >= 11 is 0. The number of nitrogens with zero attached hydrogens (tertiary/aromatic N) is 3. The Hall–Kier alpha value is -3.22. The molecule has 1 saturated heterocycles. The van der Waals surface area contributed by atoms with Crippen molar-refractivity contribution < 1.29 is 14.5 Å². The molecule has 3 rings (SSSR count). The average Bonchev–Trinajstić information content (AvgIpc) is 2.67. The fraction of sp³-hybridized carbons (Fsp3) is 0.263. The summed E-state index contributed by atoms with van der Waals surface area (Å²) < 4.78 is 0. The molecule has 0 bridgehead atoms. The standard InChI is InChI=1S/C19H19N3O4/c1-14-2-5-16(6-3-14)19(24)21-10-8-20(9-11-21)17-7-4-15(13-23)12-18(17)22(25)26/h2-7,12-13H,8-11H2,1H3. The molecule has 0 radical (unpaired) electrons. The first kappa shape index (κ1) is 17.6. The molecule has 0 aliphatic carbocycles. The van der Waals surface area contributed by atoms with Crippen LogP contribution in [0, 0.1) is 17.0 Å². The Morgan fingerprint density at radius 3 is 2.31 bits per heavy atom. The summed E-state index contributed by atoms with van der Waals surface area (Å²) in [6.07, 6.45) is 0.592. The Morgan fingerprint density at radius 1 is 1.08 bits per heavy atom. The second-order valence-corrected chi connectivity index (χ2v) is 6.27. The number of rotatable bonds is 4. The predicted octanol–water partition coefficient (Wildman–Crippen LogP) is 2.68. The van der Waals surface area contributed by atoms with E-state index in [4.69, 9.17) is 0 Å². The highest BCUT2D eigenvalue weighted by molar-refractivity contribution is 5.94. The van der Waals surface area contributed by atoms with Crippen LogP contribution in [0.5, 0.6) is 0 Å². The number of piperazine rings is 1. The normalized spacial score (nSPS) is 14.2. The largest absolute Gasteiger partial charge is 0.362 e. The molecule has 1 amide bonds. The highest BCUT2D eigenvalue weighted by Gasteiger charge is 2.26. The lowest BCUT2D eigenvalue weighted by Gasteiger charge is -2.35. The fourth-order valence-corrected chi connectivity index (χ4v) is 3.06. The minimum Gasteiger partial charge on any atom is -0.362 e. The van der Waals surface area contributed by atoms with Crippen LogP contribution in [0.1, 0.15) is 26.3 Å². The molecule has 1 fully saturated rings. The zero-order chi connectivity index (χ0) is 18.7. The van der Waals surface area contributed by atoms with Crippen molar-refractivity contribution in [2.75, 3.05) is 31.1 Å². The van der Waals surface area contributed by atoms with E-state index in [1.165, 1.54) is 6.07 Å². The summed E-state index contributed by atoms with van der Waals surface area (Å²) in [4.78, 5) is 37.9. The van der Waals surface area contributed by atoms with E-state index in [2.05, 4.69) is 0 Å². The molecular weight excluding hydrogens is 334 g/mol. The first-order valence-corrected chi connectivity index (χ1v) is 8.34. The van der Waals surface area contributed by atoms with Crippen LogP contribution in [-0.4, -0.2) is 48.2 Å². The molecule has 2 aromatic carbocycles. The van der Waals surface area contributed by atoms with Crippen molar-refractivity contribution in [2.45, 2.75) is 6.92 Å². The van der Waals surface area contributed by atoms with E-state index in [9.17, 15) is 19.7 Å². The van der Waals surface area contributed by atoms with E-state index >= 15 is 0 Å². The third kappa shape index (κ3) is 3.56. The fourth-order valence-electron chi connectivity index (χ4n) is 3.06. The summed E-state index contributed by atoms with van der Waals surface area (Å²) in [6.45, 7) is 3.94. The minimum atomic E-state index is -0.480. The van der Waals surface area contributed by atoms with Gasteiger partial charge in [-0.2, -0.15) is 0 Å². The van der Waals surface area contributed by atoms with E-state index in [1.807, 2.05) is 36.1 Å². The smallest absolute Gasteiger partial charge is 0.293 e. The van der Waals surface area contributed by atoms with Gasteiger partial charge in [-0.1, -0.05) is 17.7 Å². The second-order valence-electron chi connectivity index (χ2n) is 6.27. The van der Waals surface area contributed by atoms with Crippen molar-refractivity contribution in [1.29, 1.82) is 0 Å². The van der Waals surface area contributed by atoms with E-state index in [0.29, 0.717) is 43.7 Å². The third-order valence-electron chi connectivity index (χ3n) is 4.54. The summed E-state index contributed by atoms with van der Waals surface area (Å²) in [6, 6.07) is 11.9. The molecule has 1 aliphatic rings. The Morgan fingerprint density at radius 2 is 1.73 bits per heavy atom. The lowest BCUT2D eigenvalue weighted by Crippen LogP contribution is -2.49. The predicted molar refractivity (Wildman–Crippen MR) is 97.8 cm³/mol. The molecule has 1 heterocycles. The number of aldehydes is 1. The molecule has 26 heavy (non-hydrogen) atoms. The number of aryl methyl sites for hydroxylation is 1. The molecule has 0 N–H and O–H groups in total. The monoisotopic (exact) mass is 353 g/mol. The zero-order valence-corrected chi connectivity index (χ0v) is 14.4. The van der Waals surface area contributed by atoms with Gasteiger partial charge in [0.15, 0.2) is 0 Å². The van der Waals surface area contributed by atoms with Gasteiger partial charge in [-0.25, -0.2) is 0 Å². The lowest BCUT2D eigenvalue weighted by atomic mass is 10.1. The number of hydrogen-bond donors (Lipinski definition) is 0. The van der Waals surface area contributed by atoms with Crippen LogP contribution in [0.2, 0.25) is 0 Å². The minimum absolute atomic E-state index is 0.0320. The van der Waals surface area contributed by atoms with Crippen LogP contribution in [0.3, 0.4) is 0 Å². The van der Waals surface area contributed by atoms with Crippen LogP contribution in [0.25, 0.3) is 0 Å². The van der Waals surface area contributed by atoms with Crippen molar-refractivity contribution in [3.05, 3.63) is 69.3 Å². The Bertz CT molecular complexity index is 840. The van der Waals surface area contributed by atoms with Crippen LogP contribution < -0.4 is 4.90 Å². The summed E-state index contributed by atoms with van der Waals surface area (Å²) in [5, 5.41) is 11.3. The maximum Gasteiger partial charge on any atom is 0.293 e. The average molecular weight is 353 g/mol. The van der Waals surface area contributed by atoms with E-state index in [0.717, 1.165) is 5.56 Å². The van der Waals surface area contributed by atoms with E-state index in [-0.39, 0.29) is 17.2 Å². The van der Waals surface area contributed by atoms with Crippen molar-refractivity contribution >= 4 is 23.6 Å². The van der Waals surface area contributed by atoms with E-state index < -0.39 is 4.92 Å². The van der Waals surface area contributed by atoms with Crippen molar-refractivity contribution in [3.8, 4) is 0 Å². The molecular formula is C19H19N3O4. The molecule has 1 aliphatic heterocycles. The van der Waals surface area contributed by atoms with Crippen molar-refractivity contribution in [3.63, 3.8) is 0 Å². The van der Waals surface area contributed by atoms with Gasteiger partial charge in [0.25, 0.3) is 11.6 Å². The number of nitro benzene ring substituents is 1. The van der Waals surface area contributed by atoms with Gasteiger partial charge in [-0.15, -0.1) is 0 Å². The van der Waals surface area contributed by atoms with Crippen LogP contribution in [0.15, 0.2) is 42.5 Å². The SMILES string of the molecule is Cc1ccc(C(=O)N2CCN(c3ccc(C=O)cc3[N+](=O)[O-])CC2)cc1. The Balaban J connectivity index is 1.72. The van der Waals surface area contributed by atoms with Crippen LogP contribution in [-0.2, 0) is 0 Å². The Labute approximate surface area is 151 Å². The number of benzene rings is 2. The van der Waals surface area contributed by atoms with Crippen molar-refractivity contribution in [2.24, 2.45) is 0 Å². The first-order valence-electron chi connectivity index (χ1n) is 8.34.